The van der Waals surface area contributed by atoms with Crippen LogP contribution in [0.1, 0.15) is 19.8 Å². The molecule has 176 valence electrons. The van der Waals surface area contributed by atoms with Crippen molar-refractivity contribution in [3.05, 3.63) is 48.3 Å². The zero-order valence-corrected chi connectivity index (χ0v) is 18.7. The smallest absolute Gasteiger partial charge is 0.411 e. The van der Waals surface area contributed by atoms with Gasteiger partial charge in [-0.3, -0.25) is 14.4 Å². The molecular formula is C22H24FN3O6S. The number of sulfonamides is 1. The van der Waals surface area contributed by atoms with E-state index in [0.717, 1.165) is 29.3 Å². The molecule has 2 aromatic carbocycles. The first kappa shape index (κ1) is 22.8. The van der Waals surface area contributed by atoms with E-state index in [4.69, 9.17) is 9.47 Å². The van der Waals surface area contributed by atoms with Gasteiger partial charge in [0.1, 0.15) is 17.7 Å². The van der Waals surface area contributed by atoms with Crippen molar-refractivity contribution in [2.45, 2.75) is 30.8 Å². The first-order chi connectivity index (χ1) is 15.7. The first-order valence-corrected chi connectivity index (χ1v) is 11.9. The van der Waals surface area contributed by atoms with E-state index >= 15 is 0 Å². The number of carbonyl (C=O) groups excluding carboxylic acids is 2. The van der Waals surface area contributed by atoms with Gasteiger partial charge in [-0.25, -0.2) is 17.6 Å². The van der Waals surface area contributed by atoms with Crippen molar-refractivity contribution >= 4 is 33.4 Å². The van der Waals surface area contributed by atoms with Crippen molar-refractivity contribution in [1.29, 1.82) is 0 Å². The lowest BCUT2D eigenvalue weighted by Crippen LogP contribution is -2.48. The van der Waals surface area contributed by atoms with Gasteiger partial charge in [-0.1, -0.05) is 0 Å². The molecule has 11 heteroatoms. The molecule has 0 radical (unpaired) electrons. The van der Waals surface area contributed by atoms with E-state index in [1.165, 1.54) is 25.1 Å². The number of nitrogens with one attached hydrogen (secondary N) is 2. The summed E-state index contributed by atoms with van der Waals surface area (Å²) in [6.07, 6.45) is 0.799. The molecule has 1 saturated carbocycles. The first-order valence-electron chi connectivity index (χ1n) is 10.5. The average Bonchev–Trinajstić information content (AvgIpc) is 3.60. The lowest BCUT2D eigenvalue weighted by Gasteiger charge is -2.35. The normalized spacial score (nSPS) is 17.5. The second-order valence-corrected chi connectivity index (χ2v) is 9.88. The van der Waals surface area contributed by atoms with Crippen LogP contribution in [0.2, 0.25) is 0 Å². The van der Waals surface area contributed by atoms with Crippen LogP contribution >= 0.6 is 0 Å². The van der Waals surface area contributed by atoms with Gasteiger partial charge in [-0.15, -0.1) is 0 Å². The van der Waals surface area contributed by atoms with Crippen LogP contribution in [0.5, 0.6) is 5.75 Å². The zero-order chi connectivity index (χ0) is 23.6. The fraction of sp³-hybridized carbons (Fsp3) is 0.364. The number of ether oxygens (including phenoxy) is 2. The van der Waals surface area contributed by atoms with E-state index in [2.05, 4.69) is 10.6 Å². The number of fused-ring (bicyclic) bond motifs is 1. The van der Waals surface area contributed by atoms with Crippen molar-refractivity contribution < 1.29 is 31.9 Å². The second kappa shape index (κ2) is 9.26. The van der Waals surface area contributed by atoms with E-state index in [-0.39, 0.29) is 35.3 Å². The summed E-state index contributed by atoms with van der Waals surface area (Å²) in [6.45, 7) is 1.69. The van der Waals surface area contributed by atoms with Crippen LogP contribution in [-0.2, 0) is 19.6 Å². The second-order valence-electron chi connectivity index (χ2n) is 8.02. The van der Waals surface area contributed by atoms with Gasteiger partial charge in [-0.2, -0.15) is 0 Å². The van der Waals surface area contributed by atoms with E-state index in [0.29, 0.717) is 18.2 Å². The molecule has 1 heterocycles. The number of carbonyl (C=O) groups is 2. The average molecular weight is 478 g/mol. The summed E-state index contributed by atoms with van der Waals surface area (Å²) >= 11 is 0. The number of rotatable bonds is 7. The van der Waals surface area contributed by atoms with Gasteiger partial charge in [-0.05, 0) is 61.2 Å². The van der Waals surface area contributed by atoms with Crippen LogP contribution < -0.4 is 19.7 Å². The summed E-state index contributed by atoms with van der Waals surface area (Å²) in [5.74, 6) is -0.165. The molecule has 1 atom stereocenters. The Morgan fingerprint density at radius 1 is 1.18 bits per heavy atom. The standard InChI is InChI=1S/C22H24FN3O6S/c1-14(27)24-11-18-12-26(33(29,30)19-7-4-16(23)5-8-19)20-10-17(6-9-21(20)32-18)25-22(28)31-13-15-2-3-15/h4-10,15,18H,2-3,11-13H2,1H3,(H,24,27)(H,25,28). The van der Waals surface area contributed by atoms with Gasteiger partial charge >= 0.3 is 6.09 Å². The Balaban J connectivity index is 1.62. The van der Waals surface area contributed by atoms with Gasteiger partial charge in [0.2, 0.25) is 5.91 Å². The molecule has 1 aliphatic heterocycles. The Bertz CT molecular complexity index is 1150. The maximum Gasteiger partial charge on any atom is 0.411 e. The predicted molar refractivity (Wildman–Crippen MR) is 118 cm³/mol. The SMILES string of the molecule is CC(=O)NCC1CN(S(=O)(=O)c2ccc(F)cc2)c2cc(NC(=O)OCC3CC3)ccc2O1. The van der Waals surface area contributed by atoms with Crippen LogP contribution in [0.15, 0.2) is 47.4 Å². The van der Waals surface area contributed by atoms with Crippen LogP contribution in [0.4, 0.5) is 20.6 Å². The van der Waals surface area contributed by atoms with E-state index in [1.54, 1.807) is 12.1 Å². The highest BCUT2D eigenvalue weighted by molar-refractivity contribution is 7.92. The monoisotopic (exact) mass is 477 g/mol. The van der Waals surface area contributed by atoms with Crippen molar-refractivity contribution in [3.63, 3.8) is 0 Å². The van der Waals surface area contributed by atoms with E-state index in [9.17, 15) is 22.4 Å². The van der Waals surface area contributed by atoms with E-state index < -0.39 is 28.0 Å². The van der Waals surface area contributed by atoms with Gasteiger partial charge in [0.05, 0.1) is 30.3 Å². The lowest BCUT2D eigenvalue weighted by atomic mass is 10.2. The number of anilines is 2. The maximum absolute atomic E-state index is 13.4. The summed E-state index contributed by atoms with van der Waals surface area (Å²) in [6, 6.07) is 9.08. The number of hydrogen-bond donors (Lipinski definition) is 2. The Morgan fingerprint density at radius 3 is 2.58 bits per heavy atom. The molecule has 0 saturated heterocycles. The van der Waals surface area contributed by atoms with Crippen LogP contribution in [-0.4, -0.2) is 46.2 Å². The van der Waals surface area contributed by atoms with Gasteiger partial charge in [0, 0.05) is 12.6 Å². The Kier molecular flexibility index (Phi) is 6.41. The van der Waals surface area contributed by atoms with Crippen LogP contribution in [0.25, 0.3) is 0 Å². The number of hydrogen-bond acceptors (Lipinski definition) is 6. The van der Waals surface area contributed by atoms with E-state index in [1.807, 2.05) is 0 Å². The molecule has 1 fully saturated rings. The molecule has 9 nitrogen and oxygen atoms in total. The summed E-state index contributed by atoms with van der Waals surface area (Å²) < 4.78 is 52.4. The predicted octanol–water partition coefficient (Wildman–Crippen LogP) is 2.88. The summed E-state index contributed by atoms with van der Waals surface area (Å²) in [7, 11) is -4.09. The fourth-order valence-corrected chi connectivity index (χ4v) is 4.85. The minimum absolute atomic E-state index is 0.0947. The summed E-state index contributed by atoms with van der Waals surface area (Å²) in [5.41, 5.74) is 0.538. The number of nitrogens with zero attached hydrogens (tertiary/aromatic N) is 1. The highest BCUT2D eigenvalue weighted by Gasteiger charge is 2.35. The molecule has 1 unspecified atom stereocenters. The molecule has 2 aromatic rings. The molecule has 2 N–H and O–H groups in total. The molecule has 1 aliphatic carbocycles. The topological polar surface area (TPSA) is 114 Å². The summed E-state index contributed by atoms with van der Waals surface area (Å²) in [5, 5.41) is 5.22. The van der Waals surface area contributed by atoms with Crippen molar-refractivity contribution in [2.24, 2.45) is 5.92 Å². The number of halogens is 1. The Hall–Kier alpha value is -3.34. The largest absolute Gasteiger partial charge is 0.484 e. The molecule has 33 heavy (non-hydrogen) atoms. The quantitative estimate of drug-likeness (QED) is 0.634. The Morgan fingerprint density at radius 2 is 1.91 bits per heavy atom. The van der Waals surface area contributed by atoms with Gasteiger partial charge in [0.15, 0.2) is 0 Å². The zero-order valence-electron chi connectivity index (χ0n) is 17.9. The number of amides is 2. The highest BCUT2D eigenvalue weighted by Crippen LogP contribution is 2.39. The molecule has 0 aromatic heterocycles. The summed E-state index contributed by atoms with van der Waals surface area (Å²) in [4.78, 5) is 23.3. The molecule has 0 bridgehead atoms. The third-order valence-corrected chi connectivity index (χ3v) is 7.06. The molecule has 0 spiro atoms. The van der Waals surface area contributed by atoms with Crippen LogP contribution in [0.3, 0.4) is 0 Å². The molecule has 2 amide bonds. The molecular weight excluding hydrogens is 453 g/mol. The number of benzene rings is 2. The Labute approximate surface area is 190 Å². The maximum atomic E-state index is 13.4. The van der Waals surface area contributed by atoms with Crippen molar-refractivity contribution in [1.82, 2.24) is 5.32 Å². The lowest BCUT2D eigenvalue weighted by molar-refractivity contribution is -0.119. The van der Waals surface area contributed by atoms with Crippen LogP contribution in [0, 0.1) is 11.7 Å². The van der Waals surface area contributed by atoms with Crippen molar-refractivity contribution in [2.75, 3.05) is 29.3 Å². The fourth-order valence-electron chi connectivity index (χ4n) is 3.35. The minimum Gasteiger partial charge on any atom is -0.484 e. The third-order valence-electron chi connectivity index (χ3n) is 5.26. The highest BCUT2D eigenvalue weighted by atomic mass is 32.2. The van der Waals surface area contributed by atoms with Gasteiger partial charge < -0.3 is 14.8 Å². The minimum atomic E-state index is -4.09. The third kappa shape index (κ3) is 5.54. The molecule has 4 rings (SSSR count). The molecule has 2 aliphatic rings. The van der Waals surface area contributed by atoms with Gasteiger partial charge in [0.25, 0.3) is 10.0 Å². The van der Waals surface area contributed by atoms with Crippen molar-refractivity contribution in [3.8, 4) is 5.75 Å².